The highest BCUT2D eigenvalue weighted by molar-refractivity contribution is 6.31. The minimum absolute atomic E-state index is 0.0537. The topological polar surface area (TPSA) is 132 Å². The molecule has 0 saturated carbocycles. The molecule has 11 heteroatoms. The van der Waals surface area contributed by atoms with Gasteiger partial charge < -0.3 is 30.2 Å². The standard InChI is InChI=1S/C28H30ClN3O7/c1-16-22(27(35)37-3)23(19-11-7-8-12-20(19)29)24(28(36)38-4)21(32-16)15-39-14-13-31-26(34)18-10-6-5-9-17(18)25(33)30-2/h5-12,23,32H,13-15H2,1-4H3,(H,30,33)(H,31,34)/t23-/m1/s1. The zero-order valence-electron chi connectivity index (χ0n) is 22.1. The lowest BCUT2D eigenvalue weighted by molar-refractivity contribution is -0.137. The molecule has 0 radical (unpaired) electrons. The number of rotatable bonds is 10. The number of carbonyl (C=O) groups is 4. The Labute approximate surface area is 231 Å². The Balaban J connectivity index is 1.80. The second kappa shape index (κ2) is 13.6. The van der Waals surface area contributed by atoms with Gasteiger partial charge in [-0.15, -0.1) is 0 Å². The summed E-state index contributed by atoms with van der Waals surface area (Å²) in [7, 11) is 3.99. The van der Waals surface area contributed by atoms with Crippen molar-refractivity contribution in [3.05, 3.63) is 92.8 Å². The second-order valence-electron chi connectivity index (χ2n) is 8.43. The average Bonchev–Trinajstić information content (AvgIpc) is 2.95. The molecule has 0 bridgehead atoms. The minimum atomic E-state index is -0.862. The SMILES string of the molecule is CNC(=O)c1ccccc1C(=O)NCCOCC1=C(C(=O)OC)[C@H](c2ccccc2Cl)C(C(=O)OC)=C(C)N1. The smallest absolute Gasteiger partial charge is 0.336 e. The van der Waals surface area contributed by atoms with Crippen LogP contribution in [0.5, 0.6) is 0 Å². The van der Waals surface area contributed by atoms with E-state index in [9.17, 15) is 19.2 Å². The van der Waals surface area contributed by atoms with Crippen molar-refractivity contribution in [1.82, 2.24) is 16.0 Å². The van der Waals surface area contributed by atoms with Crippen molar-refractivity contribution in [3.63, 3.8) is 0 Å². The minimum Gasteiger partial charge on any atom is -0.466 e. The lowest BCUT2D eigenvalue weighted by Gasteiger charge is -2.31. The average molecular weight is 556 g/mol. The number of esters is 2. The predicted octanol–water partition coefficient (Wildman–Crippen LogP) is 2.71. The van der Waals surface area contributed by atoms with E-state index < -0.39 is 23.8 Å². The van der Waals surface area contributed by atoms with Crippen LogP contribution in [-0.2, 0) is 23.8 Å². The Hall–Kier alpha value is -4.15. The van der Waals surface area contributed by atoms with Gasteiger partial charge in [-0.25, -0.2) is 9.59 Å². The molecule has 1 atom stereocenters. The number of halogens is 1. The molecule has 1 heterocycles. The van der Waals surface area contributed by atoms with Crippen LogP contribution < -0.4 is 16.0 Å². The number of methoxy groups -OCH3 is 2. The van der Waals surface area contributed by atoms with Gasteiger partial charge >= 0.3 is 11.9 Å². The summed E-state index contributed by atoms with van der Waals surface area (Å²) in [5.41, 5.74) is 2.25. The molecule has 2 aromatic rings. The molecule has 2 aromatic carbocycles. The molecule has 1 aliphatic rings. The maximum absolute atomic E-state index is 13.0. The summed E-state index contributed by atoms with van der Waals surface area (Å²) < 4.78 is 15.8. The lowest BCUT2D eigenvalue weighted by Crippen LogP contribution is -2.35. The Morgan fingerprint density at radius 3 is 2.10 bits per heavy atom. The largest absolute Gasteiger partial charge is 0.466 e. The maximum atomic E-state index is 13.0. The summed E-state index contributed by atoms with van der Waals surface area (Å²) in [6.07, 6.45) is 0. The first-order valence-electron chi connectivity index (χ1n) is 12.0. The number of hydrogen-bond donors (Lipinski definition) is 3. The number of amides is 2. The van der Waals surface area contributed by atoms with E-state index in [0.717, 1.165) is 0 Å². The van der Waals surface area contributed by atoms with Crippen LogP contribution >= 0.6 is 11.6 Å². The van der Waals surface area contributed by atoms with Gasteiger partial charge in [-0.2, -0.15) is 0 Å². The van der Waals surface area contributed by atoms with Crippen molar-refractivity contribution in [1.29, 1.82) is 0 Å². The Kier molecular flexibility index (Phi) is 10.2. The number of ether oxygens (including phenoxy) is 3. The first kappa shape index (κ1) is 29.4. The van der Waals surface area contributed by atoms with Gasteiger partial charge in [0.05, 0.1) is 61.3 Å². The van der Waals surface area contributed by atoms with E-state index in [1.165, 1.54) is 21.3 Å². The molecule has 3 rings (SSSR count). The van der Waals surface area contributed by atoms with E-state index in [2.05, 4.69) is 16.0 Å². The van der Waals surface area contributed by atoms with Crippen molar-refractivity contribution in [3.8, 4) is 0 Å². The van der Waals surface area contributed by atoms with Crippen LogP contribution in [0.3, 0.4) is 0 Å². The normalized spacial score (nSPS) is 14.8. The molecule has 1 aliphatic heterocycles. The molecule has 0 spiro atoms. The van der Waals surface area contributed by atoms with Gasteiger partial charge in [-0.05, 0) is 30.7 Å². The van der Waals surface area contributed by atoms with E-state index in [0.29, 0.717) is 22.0 Å². The monoisotopic (exact) mass is 555 g/mol. The Bertz CT molecular complexity index is 1340. The summed E-state index contributed by atoms with van der Waals surface area (Å²) in [5, 5.41) is 8.67. The van der Waals surface area contributed by atoms with Crippen LogP contribution in [0.1, 0.15) is 39.1 Å². The molecule has 0 unspecified atom stereocenters. The van der Waals surface area contributed by atoms with E-state index in [4.69, 9.17) is 25.8 Å². The molecule has 10 nitrogen and oxygen atoms in total. The molecule has 3 N–H and O–H groups in total. The maximum Gasteiger partial charge on any atom is 0.336 e. The van der Waals surface area contributed by atoms with Gasteiger partial charge in [0.1, 0.15) is 0 Å². The first-order chi connectivity index (χ1) is 18.7. The summed E-state index contributed by atoms with van der Waals surface area (Å²) in [6, 6.07) is 13.4. The summed E-state index contributed by atoms with van der Waals surface area (Å²) >= 11 is 6.48. The third-order valence-corrected chi connectivity index (χ3v) is 6.44. The van der Waals surface area contributed by atoms with Crippen LogP contribution in [0, 0.1) is 0 Å². The van der Waals surface area contributed by atoms with Crippen LogP contribution in [0.2, 0.25) is 5.02 Å². The van der Waals surface area contributed by atoms with E-state index >= 15 is 0 Å². The quantitative estimate of drug-likeness (QED) is 0.301. The van der Waals surface area contributed by atoms with Gasteiger partial charge in [0.2, 0.25) is 0 Å². The highest BCUT2D eigenvalue weighted by Crippen LogP contribution is 2.41. The zero-order chi connectivity index (χ0) is 28.5. The molecule has 2 amide bonds. The molecule has 0 aromatic heterocycles. The first-order valence-corrected chi connectivity index (χ1v) is 12.4. The highest BCUT2D eigenvalue weighted by atomic mass is 35.5. The van der Waals surface area contributed by atoms with Gasteiger partial charge in [0, 0.05) is 24.3 Å². The fraction of sp³-hybridized carbons (Fsp3) is 0.286. The Morgan fingerprint density at radius 1 is 0.897 bits per heavy atom. The van der Waals surface area contributed by atoms with Crippen molar-refractivity contribution in [2.75, 3.05) is 41.0 Å². The second-order valence-corrected chi connectivity index (χ2v) is 8.83. The fourth-order valence-corrected chi connectivity index (χ4v) is 4.53. The molecule has 0 fully saturated rings. The number of dihydropyridines is 1. The third-order valence-electron chi connectivity index (χ3n) is 6.09. The van der Waals surface area contributed by atoms with Crippen molar-refractivity contribution < 1.29 is 33.4 Å². The summed E-state index contributed by atoms with van der Waals surface area (Å²) in [4.78, 5) is 50.5. The highest BCUT2D eigenvalue weighted by Gasteiger charge is 2.39. The van der Waals surface area contributed by atoms with Gasteiger partial charge in [-0.1, -0.05) is 41.9 Å². The number of allylic oxidation sites excluding steroid dienone is 1. The van der Waals surface area contributed by atoms with Gasteiger partial charge in [0.15, 0.2) is 0 Å². The van der Waals surface area contributed by atoms with Crippen LogP contribution in [-0.4, -0.2) is 64.8 Å². The van der Waals surface area contributed by atoms with Crippen molar-refractivity contribution in [2.24, 2.45) is 0 Å². The zero-order valence-corrected chi connectivity index (χ0v) is 22.8. The molecule has 39 heavy (non-hydrogen) atoms. The van der Waals surface area contributed by atoms with E-state index in [1.807, 2.05) is 0 Å². The Morgan fingerprint density at radius 2 is 1.49 bits per heavy atom. The molecular formula is C28H30ClN3O7. The molecule has 0 aliphatic carbocycles. The van der Waals surface area contributed by atoms with Crippen LogP contribution in [0.25, 0.3) is 0 Å². The number of hydrogen-bond acceptors (Lipinski definition) is 8. The predicted molar refractivity (Wildman–Crippen MR) is 144 cm³/mol. The van der Waals surface area contributed by atoms with Gasteiger partial charge in [0.25, 0.3) is 11.8 Å². The molecular weight excluding hydrogens is 526 g/mol. The van der Waals surface area contributed by atoms with Crippen molar-refractivity contribution >= 4 is 35.4 Å². The molecule has 0 saturated heterocycles. The summed E-state index contributed by atoms with van der Waals surface area (Å²) in [6.45, 7) is 1.87. The van der Waals surface area contributed by atoms with Crippen LogP contribution in [0.15, 0.2) is 71.1 Å². The number of nitrogens with one attached hydrogen (secondary N) is 3. The third kappa shape index (κ3) is 6.65. The van der Waals surface area contributed by atoms with Crippen LogP contribution in [0.4, 0.5) is 0 Å². The van der Waals surface area contributed by atoms with E-state index in [1.54, 1.807) is 55.5 Å². The van der Waals surface area contributed by atoms with Gasteiger partial charge in [-0.3, -0.25) is 9.59 Å². The van der Waals surface area contributed by atoms with E-state index in [-0.39, 0.29) is 47.9 Å². The number of benzene rings is 2. The fourth-order valence-electron chi connectivity index (χ4n) is 4.28. The lowest BCUT2D eigenvalue weighted by atomic mass is 9.80. The molecule has 206 valence electrons. The summed E-state index contributed by atoms with van der Waals surface area (Å²) in [5.74, 6) is -2.95. The van der Waals surface area contributed by atoms with Crippen molar-refractivity contribution in [2.45, 2.75) is 12.8 Å². The number of carbonyl (C=O) groups excluding carboxylic acids is 4.